The molecule has 0 atom stereocenters. The molecule has 0 aliphatic carbocycles. The van der Waals surface area contributed by atoms with Crippen molar-refractivity contribution in [2.45, 2.75) is 20.8 Å². The quantitative estimate of drug-likeness (QED) is 0.576. The van der Waals surface area contributed by atoms with Crippen molar-refractivity contribution in [1.82, 2.24) is 9.97 Å². The fourth-order valence-electron chi connectivity index (χ4n) is 3.14. The Morgan fingerprint density at radius 3 is 2.64 bits per heavy atom. The number of aromatic amines is 1. The molecule has 126 valence electrons. The molecule has 0 spiro atoms. The molecule has 0 saturated carbocycles. The smallest absolute Gasteiger partial charge is 0.260 e. The van der Waals surface area contributed by atoms with Crippen LogP contribution in [0.4, 0.5) is 0 Å². The second-order valence-electron chi connectivity index (χ2n) is 5.97. The molecule has 0 unspecified atom stereocenters. The van der Waals surface area contributed by atoms with Crippen molar-refractivity contribution in [2.75, 3.05) is 6.61 Å². The van der Waals surface area contributed by atoms with E-state index in [0.717, 1.165) is 37.4 Å². The van der Waals surface area contributed by atoms with E-state index in [4.69, 9.17) is 9.72 Å². The van der Waals surface area contributed by atoms with Crippen LogP contribution in [0.5, 0.6) is 5.75 Å². The first-order chi connectivity index (χ1) is 12.1. The highest BCUT2D eigenvalue weighted by molar-refractivity contribution is 7.18. The maximum atomic E-state index is 12.6. The Bertz CT molecular complexity index is 1160. The molecule has 2 aromatic heterocycles. The van der Waals surface area contributed by atoms with Crippen molar-refractivity contribution < 1.29 is 4.74 Å². The first-order valence-corrected chi connectivity index (χ1v) is 9.06. The van der Waals surface area contributed by atoms with Crippen molar-refractivity contribution in [3.8, 4) is 17.1 Å². The van der Waals surface area contributed by atoms with Crippen LogP contribution in [0.2, 0.25) is 0 Å². The van der Waals surface area contributed by atoms with E-state index in [9.17, 15) is 4.79 Å². The van der Waals surface area contributed by atoms with Gasteiger partial charge in [0.1, 0.15) is 16.4 Å². The van der Waals surface area contributed by atoms with Gasteiger partial charge in [0, 0.05) is 15.8 Å². The fourth-order valence-corrected chi connectivity index (χ4v) is 4.17. The number of benzene rings is 2. The first kappa shape index (κ1) is 15.8. The normalized spacial score (nSPS) is 11.3. The lowest BCUT2D eigenvalue weighted by molar-refractivity contribution is 0.344. The Hall–Kier alpha value is -2.66. The number of aromatic nitrogens is 2. The molecule has 1 N–H and O–H groups in total. The van der Waals surface area contributed by atoms with Crippen LogP contribution in [-0.4, -0.2) is 16.6 Å². The molecular formula is C20H18N2O2S. The van der Waals surface area contributed by atoms with Crippen LogP contribution < -0.4 is 10.3 Å². The molecule has 4 rings (SSSR count). The van der Waals surface area contributed by atoms with Gasteiger partial charge < -0.3 is 9.72 Å². The van der Waals surface area contributed by atoms with E-state index < -0.39 is 0 Å². The maximum Gasteiger partial charge on any atom is 0.260 e. The largest absolute Gasteiger partial charge is 0.493 e. The molecule has 0 bridgehead atoms. The van der Waals surface area contributed by atoms with E-state index in [0.29, 0.717) is 17.8 Å². The van der Waals surface area contributed by atoms with Gasteiger partial charge in [-0.25, -0.2) is 4.98 Å². The average molecular weight is 350 g/mol. The SMILES string of the molecule is CCOc1ccc(-c2nc3sc(C)c(C)c3c(=O)[nH]2)c2ccccc12. The molecule has 4 nitrogen and oxygen atoms in total. The minimum atomic E-state index is -0.0835. The number of nitrogens with zero attached hydrogens (tertiary/aromatic N) is 1. The molecular weight excluding hydrogens is 332 g/mol. The summed E-state index contributed by atoms with van der Waals surface area (Å²) in [6.45, 7) is 6.57. The number of nitrogens with one attached hydrogen (secondary N) is 1. The summed E-state index contributed by atoms with van der Waals surface area (Å²) in [4.78, 5) is 22.2. The predicted octanol–water partition coefficient (Wildman–Crippen LogP) is 4.82. The number of H-pyrrole nitrogens is 1. The Morgan fingerprint density at radius 2 is 1.88 bits per heavy atom. The van der Waals surface area contributed by atoms with Gasteiger partial charge in [0.25, 0.3) is 5.56 Å². The van der Waals surface area contributed by atoms with Gasteiger partial charge in [0.15, 0.2) is 0 Å². The zero-order valence-corrected chi connectivity index (χ0v) is 15.2. The number of aryl methyl sites for hydroxylation is 2. The Morgan fingerprint density at radius 1 is 1.12 bits per heavy atom. The van der Waals surface area contributed by atoms with Crippen LogP contribution in [-0.2, 0) is 0 Å². The van der Waals surface area contributed by atoms with Gasteiger partial charge >= 0.3 is 0 Å². The number of fused-ring (bicyclic) bond motifs is 2. The molecule has 0 aliphatic rings. The standard InChI is InChI=1S/C20H18N2O2S/c1-4-24-16-10-9-15(13-7-5-6-8-14(13)16)18-21-19(23)17-11(2)12(3)25-20(17)22-18/h5-10H,4H2,1-3H3,(H,21,22,23). The summed E-state index contributed by atoms with van der Waals surface area (Å²) < 4.78 is 5.73. The average Bonchev–Trinajstić information content (AvgIpc) is 2.90. The lowest BCUT2D eigenvalue weighted by Crippen LogP contribution is -2.09. The monoisotopic (exact) mass is 350 g/mol. The first-order valence-electron chi connectivity index (χ1n) is 8.25. The Kier molecular flexibility index (Phi) is 3.81. The molecule has 0 fully saturated rings. The number of rotatable bonds is 3. The number of hydrogen-bond donors (Lipinski definition) is 1. The van der Waals surface area contributed by atoms with Crippen molar-refractivity contribution >= 4 is 32.3 Å². The van der Waals surface area contributed by atoms with Crippen molar-refractivity contribution in [1.29, 1.82) is 0 Å². The van der Waals surface area contributed by atoms with Gasteiger partial charge in [-0.05, 0) is 43.9 Å². The minimum Gasteiger partial charge on any atom is -0.493 e. The lowest BCUT2D eigenvalue weighted by atomic mass is 10.0. The third-order valence-corrected chi connectivity index (χ3v) is 5.58. The van der Waals surface area contributed by atoms with Crippen molar-refractivity contribution in [3.05, 3.63) is 57.2 Å². The van der Waals surface area contributed by atoms with Gasteiger partial charge in [-0.15, -0.1) is 11.3 Å². The molecule has 25 heavy (non-hydrogen) atoms. The summed E-state index contributed by atoms with van der Waals surface area (Å²) in [5.74, 6) is 1.44. The van der Waals surface area contributed by atoms with Crippen molar-refractivity contribution in [2.24, 2.45) is 0 Å². The zero-order chi connectivity index (χ0) is 17.6. The number of ether oxygens (including phenoxy) is 1. The van der Waals surface area contributed by atoms with E-state index >= 15 is 0 Å². The summed E-state index contributed by atoms with van der Waals surface area (Å²) >= 11 is 1.56. The summed E-state index contributed by atoms with van der Waals surface area (Å²) in [5.41, 5.74) is 1.83. The molecule has 5 heteroatoms. The van der Waals surface area contributed by atoms with Gasteiger partial charge in [-0.2, -0.15) is 0 Å². The van der Waals surface area contributed by atoms with Crippen molar-refractivity contribution in [3.63, 3.8) is 0 Å². The summed E-state index contributed by atoms with van der Waals surface area (Å²) in [7, 11) is 0. The highest BCUT2D eigenvalue weighted by Crippen LogP contribution is 2.34. The highest BCUT2D eigenvalue weighted by Gasteiger charge is 2.15. The highest BCUT2D eigenvalue weighted by atomic mass is 32.1. The second-order valence-corrected chi connectivity index (χ2v) is 7.17. The molecule has 0 aliphatic heterocycles. The molecule has 2 heterocycles. The summed E-state index contributed by atoms with van der Waals surface area (Å²) in [6, 6.07) is 11.9. The van der Waals surface area contributed by atoms with Gasteiger partial charge in [-0.3, -0.25) is 4.79 Å². The third-order valence-electron chi connectivity index (χ3n) is 4.48. The summed E-state index contributed by atoms with van der Waals surface area (Å²) in [5, 5.41) is 2.73. The lowest BCUT2D eigenvalue weighted by Gasteiger charge is -2.11. The van der Waals surface area contributed by atoms with Crippen LogP contribution in [0, 0.1) is 13.8 Å². The van der Waals surface area contributed by atoms with Crippen LogP contribution in [0.25, 0.3) is 32.4 Å². The fraction of sp³-hybridized carbons (Fsp3) is 0.200. The van der Waals surface area contributed by atoms with Gasteiger partial charge in [-0.1, -0.05) is 24.3 Å². The van der Waals surface area contributed by atoms with E-state index in [2.05, 4.69) is 4.98 Å². The summed E-state index contributed by atoms with van der Waals surface area (Å²) in [6.07, 6.45) is 0. The zero-order valence-electron chi connectivity index (χ0n) is 14.3. The van der Waals surface area contributed by atoms with E-state index in [1.54, 1.807) is 11.3 Å². The predicted molar refractivity (Wildman–Crippen MR) is 104 cm³/mol. The Balaban J connectivity index is 2.01. The number of thiophene rings is 1. The van der Waals surface area contributed by atoms with Crippen LogP contribution in [0.15, 0.2) is 41.2 Å². The second kappa shape index (κ2) is 6.01. The number of hydrogen-bond acceptors (Lipinski definition) is 4. The van der Waals surface area contributed by atoms with E-state index in [-0.39, 0.29) is 5.56 Å². The minimum absolute atomic E-state index is 0.0835. The van der Waals surface area contributed by atoms with Crippen LogP contribution >= 0.6 is 11.3 Å². The van der Waals surface area contributed by atoms with Crippen LogP contribution in [0.3, 0.4) is 0 Å². The van der Waals surface area contributed by atoms with E-state index in [1.165, 1.54) is 0 Å². The van der Waals surface area contributed by atoms with E-state index in [1.807, 2.05) is 57.2 Å². The van der Waals surface area contributed by atoms with Gasteiger partial charge in [0.2, 0.25) is 0 Å². The molecule has 0 amide bonds. The molecule has 2 aromatic carbocycles. The maximum absolute atomic E-state index is 12.6. The molecule has 4 aromatic rings. The van der Waals surface area contributed by atoms with Gasteiger partial charge in [0.05, 0.1) is 12.0 Å². The molecule has 0 radical (unpaired) electrons. The molecule has 0 saturated heterocycles. The Labute approximate surface area is 149 Å². The van der Waals surface area contributed by atoms with Crippen LogP contribution in [0.1, 0.15) is 17.4 Å². The third kappa shape index (κ3) is 2.51. The topological polar surface area (TPSA) is 55.0 Å².